The van der Waals surface area contributed by atoms with Crippen molar-refractivity contribution >= 4 is 11.9 Å². The molecule has 0 bridgehead atoms. The largest absolute Gasteiger partial charge is 0.480 e. The minimum Gasteiger partial charge on any atom is -0.480 e. The van der Waals surface area contributed by atoms with Crippen LogP contribution >= 0.6 is 0 Å². The number of alkyl halides is 3. The van der Waals surface area contributed by atoms with Gasteiger partial charge in [0.05, 0.1) is 12.0 Å². The Morgan fingerprint density at radius 1 is 1.00 bits per heavy atom. The summed E-state index contributed by atoms with van der Waals surface area (Å²) >= 11 is 0. The zero-order valence-corrected chi connectivity index (χ0v) is 11.4. The van der Waals surface area contributed by atoms with Crippen LogP contribution in [0.2, 0.25) is 0 Å². The number of amides is 1. The Labute approximate surface area is 120 Å². The molecule has 2 aliphatic rings. The lowest BCUT2D eigenvalue weighted by atomic mass is 9.85. The molecule has 1 saturated heterocycles. The third-order valence-corrected chi connectivity index (χ3v) is 4.30. The fraction of sp³-hybridized carbons (Fsp3) is 0.846. The number of nitrogens with one attached hydrogen (secondary N) is 2. The van der Waals surface area contributed by atoms with Crippen molar-refractivity contribution in [1.82, 2.24) is 10.6 Å². The molecule has 0 aromatic rings. The van der Waals surface area contributed by atoms with Gasteiger partial charge in [-0.05, 0) is 38.5 Å². The molecule has 1 saturated carbocycles. The van der Waals surface area contributed by atoms with Crippen molar-refractivity contribution in [2.75, 3.05) is 0 Å². The minimum atomic E-state index is -4.16. The van der Waals surface area contributed by atoms with E-state index in [-0.39, 0.29) is 24.8 Å². The number of carboxylic acids is 1. The third kappa shape index (κ3) is 4.09. The van der Waals surface area contributed by atoms with E-state index >= 15 is 0 Å². The predicted octanol–water partition coefficient (Wildman–Crippen LogP) is 1.43. The zero-order valence-electron chi connectivity index (χ0n) is 11.4. The Bertz CT molecular complexity index is 406. The van der Waals surface area contributed by atoms with E-state index in [9.17, 15) is 22.8 Å². The second-order valence-electron chi connectivity index (χ2n) is 5.79. The van der Waals surface area contributed by atoms with Crippen LogP contribution < -0.4 is 10.6 Å². The van der Waals surface area contributed by atoms with E-state index < -0.39 is 30.1 Å². The van der Waals surface area contributed by atoms with Crippen molar-refractivity contribution in [3.8, 4) is 0 Å². The predicted molar refractivity (Wildman–Crippen MR) is 67.5 cm³/mol. The molecule has 0 unspecified atom stereocenters. The van der Waals surface area contributed by atoms with Crippen LogP contribution in [0.5, 0.6) is 0 Å². The van der Waals surface area contributed by atoms with Crippen LogP contribution in [0, 0.1) is 5.92 Å². The van der Waals surface area contributed by atoms with Crippen LogP contribution in [0.3, 0.4) is 0 Å². The van der Waals surface area contributed by atoms with Crippen molar-refractivity contribution in [1.29, 1.82) is 0 Å². The number of hydrogen-bond donors (Lipinski definition) is 3. The molecule has 1 aliphatic carbocycles. The van der Waals surface area contributed by atoms with Crippen LogP contribution in [0.25, 0.3) is 0 Å². The first kappa shape index (κ1) is 16.1. The van der Waals surface area contributed by atoms with Crippen LogP contribution in [-0.4, -0.2) is 41.3 Å². The van der Waals surface area contributed by atoms with E-state index in [2.05, 4.69) is 10.6 Å². The lowest BCUT2D eigenvalue weighted by Crippen LogP contribution is -2.49. The first-order chi connectivity index (χ1) is 9.77. The second-order valence-corrected chi connectivity index (χ2v) is 5.79. The number of rotatable bonds is 3. The standard InChI is InChI=1S/C13H19F3N2O3/c14-13(15,16)7-1-3-8(4-2-7)17-11(19)9-5-6-10(18-9)12(20)21/h7-10,18H,1-6H2,(H,17,19)(H,20,21)/t7?,8?,9-,10+/m1/s1. The number of carbonyl (C=O) groups excluding carboxylic acids is 1. The normalized spacial score (nSPS) is 33.7. The molecule has 3 N–H and O–H groups in total. The van der Waals surface area contributed by atoms with Crippen LogP contribution in [0.4, 0.5) is 13.2 Å². The first-order valence-corrected chi connectivity index (χ1v) is 7.13. The minimum absolute atomic E-state index is 0.0320. The number of carbonyl (C=O) groups is 2. The number of halogens is 3. The molecule has 2 fully saturated rings. The molecular formula is C13H19F3N2O3. The van der Waals surface area contributed by atoms with Gasteiger partial charge in [-0.1, -0.05) is 0 Å². The Kier molecular flexibility index (Phi) is 4.75. The average Bonchev–Trinajstić information content (AvgIpc) is 2.88. The summed E-state index contributed by atoms with van der Waals surface area (Å²) in [5, 5.41) is 14.3. The topological polar surface area (TPSA) is 78.4 Å². The average molecular weight is 308 g/mol. The Morgan fingerprint density at radius 3 is 2.05 bits per heavy atom. The Balaban J connectivity index is 1.76. The molecular weight excluding hydrogens is 289 g/mol. The van der Waals surface area contributed by atoms with Gasteiger partial charge in [-0.15, -0.1) is 0 Å². The van der Waals surface area contributed by atoms with Gasteiger partial charge in [-0.3, -0.25) is 14.9 Å². The van der Waals surface area contributed by atoms with E-state index in [0.29, 0.717) is 25.7 Å². The van der Waals surface area contributed by atoms with Crippen molar-refractivity contribution in [3.63, 3.8) is 0 Å². The summed E-state index contributed by atoms with van der Waals surface area (Å²) < 4.78 is 37.6. The maximum Gasteiger partial charge on any atom is 0.391 e. The fourth-order valence-corrected chi connectivity index (χ4v) is 3.01. The molecule has 21 heavy (non-hydrogen) atoms. The molecule has 8 heteroatoms. The summed E-state index contributed by atoms with van der Waals surface area (Å²) in [5.74, 6) is -2.57. The summed E-state index contributed by atoms with van der Waals surface area (Å²) in [6, 6.07) is -1.53. The highest BCUT2D eigenvalue weighted by atomic mass is 19.4. The highest BCUT2D eigenvalue weighted by Gasteiger charge is 2.42. The van der Waals surface area contributed by atoms with Gasteiger partial charge in [-0.25, -0.2) is 0 Å². The van der Waals surface area contributed by atoms with E-state index in [0.717, 1.165) is 0 Å². The highest BCUT2D eigenvalue weighted by molar-refractivity contribution is 5.84. The summed E-state index contributed by atoms with van der Waals surface area (Å²) in [6.07, 6.45) is -2.66. The van der Waals surface area contributed by atoms with Gasteiger partial charge in [-0.2, -0.15) is 13.2 Å². The third-order valence-electron chi connectivity index (χ3n) is 4.30. The van der Waals surface area contributed by atoms with Gasteiger partial charge >= 0.3 is 12.1 Å². The Hall–Kier alpha value is -1.31. The first-order valence-electron chi connectivity index (χ1n) is 7.13. The molecule has 1 aliphatic heterocycles. The monoisotopic (exact) mass is 308 g/mol. The van der Waals surface area contributed by atoms with Gasteiger partial charge in [0.25, 0.3) is 0 Å². The molecule has 1 amide bonds. The van der Waals surface area contributed by atoms with Crippen LogP contribution in [0.15, 0.2) is 0 Å². The van der Waals surface area contributed by atoms with Gasteiger partial charge < -0.3 is 10.4 Å². The second kappa shape index (κ2) is 6.21. The van der Waals surface area contributed by atoms with E-state index in [1.807, 2.05) is 0 Å². The molecule has 120 valence electrons. The molecule has 2 rings (SSSR count). The summed E-state index contributed by atoms with van der Waals surface area (Å²) in [4.78, 5) is 22.8. The van der Waals surface area contributed by atoms with E-state index in [1.54, 1.807) is 0 Å². The molecule has 2 atom stereocenters. The summed E-state index contributed by atoms with van der Waals surface area (Å²) in [6.45, 7) is 0. The molecule has 0 radical (unpaired) electrons. The smallest absolute Gasteiger partial charge is 0.391 e. The maximum absolute atomic E-state index is 12.5. The molecule has 0 spiro atoms. The summed E-state index contributed by atoms with van der Waals surface area (Å²) in [7, 11) is 0. The van der Waals surface area contributed by atoms with Crippen molar-refractivity contribution in [3.05, 3.63) is 0 Å². The maximum atomic E-state index is 12.5. The number of hydrogen-bond acceptors (Lipinski definition) is 3. The van der Waals surface area contributed by atoms with E-state index in [4.69, 9.17) is 5.11 Å². The lowest BCUT2D eigenvalue weighted by Gasteiger charge is -2.30. The molecule has 0 aromatic carbocycles. The van der Waals surface area contributed by atoms with Gasteiger partial charge in [0, 0.05) is 6.04 Å². The Morgan fingerprint density at radius 2 is 1.57 bits per heavy atom. The zero-order chi connectivity index (χ0) is 15.6. The fourth-order valence-electron chi connectivity index (χ4n) is 3.01. The van der Waals surface area contributed by atoms with Gasteiger partial charge in [0.15, 0.2) is 0 Å². The molecule has 5 nitrogen and oxygen atoms in total. The lowest BCUT2D eigenvalue weighted by molar-refractivity contribution is -0.182. The van der Waals surface area contributed by atoms with Crippen molar-refractivity contribution in [2.45, 2.75) is 62.8 Å². The van der Waals surface area contributed by atoms with Crippen LogP contribution in [0.1, 0.15) is 38.5 Å². The van der Waals surface area contributed by atoms with Gasteiger partial charge in [0.2, 0.25) is 5.91 Å². The number of aliphatic carboxylic acids is 1. The molecule has 1 heterocycles. The summed E-state index contributed by atoms with van der Waals surface area (Å²) in [5.41, 5.74) is 0. The van der Waals surface area contributed by atoms with Crippen molar-refractivity contribution in [2.24, 2.45) is 5.92 Å². The van der Waals surface area contributed by atoms with Gasteiger partial charge in [0.1, 0.15) is 6.04 Å². The number of carboxylic acid groups (broad SMARTS) is 1. The molecule has 0 aromatic heterocycles. The highest BCUT2D eigenvalue weighted by Crippen LogP contribution is 2.37. The SMILES string of the molecule is O=C(O)[C@@H]1CC[C@H](C(=O)NC2CCC(C(F)(F)F)CC2)N1. The van der Waals surface area contributed by atoms with E-state index in [1.165, 1.54) is 0 Å². The van der Waals surface area contributed by atoms with Crippen molar-refractivity contribution < 1.29 is 27.9 Å². The quantitative estimate of drug-likeness (QED) is 0.737. The van der Waals surface area contributed by atoms with Crippen LogP contribution in [-0.2, 0) is 9.59 Å².